The molecular formula is C15H22ClN3O2. The fourth-order valence-corrected chi connectivity index (χ4v) is 1.94. The van der Waals surface area contributed by atoms with Crippen LogP contribution in [0.5, 0.6) is 5.75 Å². The molecule has 0 fully saturated rings. The number of ether oxygens (including phenoxy) is 1. The third kappa shape index (κ3) is 4.44. The second kappa shape index (κ2) is 8.00. The predicted molar refractivity (Wildman–Crippen MR) is 84.3 cm³/mol. The van der Waals surface area contributed by atoms with E-state index in [1.54, 1.807) is 7.11 Å². The topological polar surface area (TPSA) is 60.2 Å². The van der Waals surface area contributed by atoms with E-state index in [-0.39, 0.29) is 18.3 Å². The molecule has 0 bridgehead atoms. The molecular weight excluding hydrogens is 290 g/mol. The lowest BCUT2D eigenvalue weighted by Gasteiger charge is -2.08. The number of nitrogens with one attached hydrogen (secondary N) is 1. The number of halogens is 1. The Bertz CT molecular complexity index is 542. The average molecular weight is 312 g/mol. The van der Waals surface area contributed by atoms with Crippen LogP contribution in [0.3, 0.4) is 0 Å². The maximum absolute atomic E-state index is 5.36. The molecule has 1 aromatic carbocycles. The van der Waals surface area contributed by atoms with E-state index in [1.807, 2.05) is 31.3 Å². The first kappa shape index (κ1) is 17.5. The molecule has 2 rings (SSSR count). The minimum atomic E-state index is 0. The van der Waals surface area contributed by atoms with E-state index >= 15 is 0 Å². The number of aromatic nitrogens is 2. The highest BCUT2D eigenvalue weighted by Crippen LogP contribution is 2.24. The minimum absolute atomic E-state index is 0. The van der Waals surface area contributed by atoms with Gasteiger partial charge in [0.15, 0.2) is 5.82 Å². The molecule has 0 aliphatic rings. The summed E-state index contributed by atoms with van der Waals surface area (Å²) >= 11 is 0. The van der Waals surface area contributed by atoms with Crippen molar-refractivity contribution in [2.24, 2.45) is 0 Å². The lowest BCUT2D eigenvalue weighted by Crippen LogP contribution is -2.24. The molecule has 116 valence electrons. The molecule has 1 heterocycles. The van der Waals surface area contributed by atoms with E-state index in [9.17, 15) is 0 Å². The van der Waals surface area contributed by atoms with Crippen LogP contribution >= 0.6 is 12.4 Å². The molecule has 0 saturated heterocycles. The van der Waals surface area contributed by atoms with Gasteiger partial charge in [0.25, 0.3) is 0 Å². The van der Waals surface area contributed by atoms with E-state index in [1.165, 1.54) is 0 Å². The molecule has 1 N–H and O–H groups in total. The Labute approximate surface area is 131 Å². The van der Waals surface area contributed by atoms with Gasteiger partial charge in [-0.2, -0.15) is 4.98 Å². The summed E-state index contributed by atoms with van der Waals surface area (Å²) in [7, 11) is 3.58. The molecule has 0 aliphatic carbocycles. The van der Waals surface area contributed by atoms with Crippen molar-refractivity contribution in [1.29, 1.82) is 0 Å². The van der Waals surface area contributed by atoms with Crippen molar-refractivity contribution in [3.63, 3.8) is 0 Å². The highest BCUT2D eigenvalue weighted by atomic mass is 35.5. The number of nitrogens with zero attached hydrogens (tertiary/aromatic N) is 2. The van der Waals surface area contributed by atoms with E-state index in [2.05, 4.69) is 29.3 Å². The zero-order valence-electron chi connectivity index (χ0n) is 12.8. The van der Waals surface area contributed by atoms with Gasteiger partial charge in [-0.1, -0.05) is 17.3 Å². The minimum Gasteiger partial charge on any atom is -0.497 e. The molecule has 21 heavy (non-hydrogen) atoms. The summed E-state index contributed by atoms with van der Waals surface area (Å²) in [6.07, 6.45) is 0.759. The van der Waals surface area contributed by atoms with Crippen LogP contribution < -0.4 is 10.1 Å². The summed E-state index contributed by atoms with van der Waals surface area (Å²) < 4.78 is 10.5. The van der Waals surface area contributed by atoms with E-state index in [4.69, 9.17) is 9.26 Å². The zero-order valence-corrected chi connectivity index (χ0v) is 13.6. The van der Waals surface area contributed by atoms with Gasteiger partial charge in [-0.25, -0.2) is 0 Å². The first-order chi connectivity index (χ1) is 9.63. The molecule has 0 saturated carbocycles. The second-order valence-corrected chi connectivity index (χ2v) is 4.94. The number of hydrogen-bond donors (Lipinski definition) is 1. The summed E-state index contributed by atoms with van der Waals surface area (Å²) in [6.45, 7) is 4.14. The molecule has 2 unspecified atom stereocenters. The van der Waals surface area contributed by atoms with Gasteiger partial charge in [0.05, 0.1) is 13.0 Å². The van der Waals surface area contributed by atoms with Crippen molar-refractivity contribution in [1.82, 2.24) is 15.5 Å². The third-order valence-corrected chi connectivity index (χ3v) is 3.45. The Morgan fingerprint density at radius 1 is 1.24 bits per heavy atom. The molecule has 1 aromatic heterocycles. The second-order valence-electron chi connectivity index (χ2n) is 4.94. The van der Waals surface area contributed by atoms with Gasteiger partial charge in [0.2, 0.25) is 5.89 Å². The smallest absolute Gasteiger partial charge is 0.233 e. The van der Waals surface area contributed by atoms with Gasteiger partial charge in [-0.05, 0) is 38.6 Å². The van der Waals surface area contributed by atoms with Gasteiger partial charge in [0.1, 0.15) is 5.75 Å². The van der Waals surface area contributed by atoms with Crippen molar-refractivity contribution in [3.05, 3.63) is 41.5 Å². The van der Waals surface area contributed by atoms with Gasteiger partial charge in [-0.3, -0.25) is 0 Å². The van der Waals surface area contributed by atoms with E-state index in [0.29, 0.717) is 11.9 Å². The first-order valence-corrected chi connectivity index (χ1v) is 6.77. The predicted octanol–water partition coefficient (Wildman–Crippen LogP) is 2.80. The van der Waals surface area contributed by atoms with Crippen LogP contribution in [0.4, 0.5) is 0 Å². The third-order valence-electron chi connectivity index (χ3n) is 3.45. The fraction of sp³-hybridized carbons (Fsp3) is 0.467. The van der Waals surface area contributed by atoms with Gasteiger partial charge < -0.3 is 14.6 Å². The molecule has 0 aliphatic heterocycles. The first-order valence-electron chi connectivity index (χ1n) is 6.77. The summed E-state index contributed by atoms with van der Waals surface area (Å²) in [4.78, 5) is 4.47. The van der Waals surface area contributed by atoms with Crippen LogP contribution in [0.25, 0.3) is 0 Å². The Hall–Kier alpha value is -1.59. The zero-order chi connectivity index (χ0) is 14.5. The Morgan fingerprint density at radius 3 is 2.48 bits per heavy atom. The van der Waals surface area contributed by atoms with E-state index in [0.717, 1.165) is 23.6 Å². The van der Waals surface area contributed by atoms with E-state index < -0.39 is 0 Å². The average Bonchev–Trinajstić information content (AvgIpc) is 2.95. The van der Waals surface area contributed by atoms with Crippen molar-refractivity contribution in [2.45, 2.75) is 32.2 Å². The van der Waals surface area contributed by atoms with Crippen molar-refractivity contribution >= 4 is 12.4 Å². The largest absolute Gasteiger partial charge is 0.497 e. The highest BCUT2D eigenvalue weighted by Gasteiger charge is 2.17. The quantitative estimate of drug-likeness (QED) is 0.889. The van der Waals surface area contributed by atoms with Crippen LogP contribution in [0.1, 0.15) is 37.0 Å². The molecule has 6 heteroatoms. The number of methoxy groups -OCH3 is 1. The fourth-order valence-electron chi connectivity index (χ4n) is 1.94. The number of benzene rings is 1. The number of rotatable bonds is 6. The number of likely N-dealkylation sites (N-methyl/N-ethyl adjacent to an activating group) is 1. The Morgan fingerprint density at radius 2 is 1.90 bits per heavy atom. The Balaban J connectivity index is 0.00000220. The monoisotopic (exact) mass is 311 g/mol. The lowest BCUT2D eigenvalue weighted by molar-refractivity contribution is 0.363. The van der Waals surface area contributed by atoms with Crippen LogP contribution in [-0.4, -0.2) is 30.3 Å². The SMILES string of the molecule is CNC(C)Cc1noc(C(C)c2ccc(OC)cc2)n1.Cl. The summed E-state index contributed by atoms with van der Waals surface area (Å²) in [5.74, 6) is 2.30. The molecule has 0 radical (unpaired) electrons. The summed E-state index contributed by atoms with van der Waals surface area (Å²) in [6, 6.07) is 8.24. The van der Waals surface area contributed by atoms with Crippen molar-refractivity contribution in [2.75, 3.05) is 14.2 Å². The maximum atomic E-state index is 5.36. The Kier molecular flexibility index (Phi) is 6.65. The highest BCUT2D eigenvalue weighted by molar-refractivity contribution is 5.85. The standard InChI is InChI=1S/C15H21N3O2.ClH/c1-10(16-3)9-14-17-15(20-18-14)11(2)12-5-7-13(19-4)8-6-12;/h5-8,10-11,16H,9H2,1-4H3;1H. The van der Waals surface area contributed by atoms with Crippen LogP contribution in [0.2, 0.25) is 0 Å². The van der Waals surface area contributed by atoms with Gasteiger partial charge in [0, 0.05) is 12.5 Å². The molecule has 0 amide bonds. The molecule has 5 nitrogen and oxygen atoms in total. The van der Waals surface area contributed by atoms with Gasteiger partial charge in [-0.15, -0.1) is 12.4 Å². The van der Waals surface area contributed by atoms with Crippen molar-refractivity contribution in [3.8, 4) is 5.75 Å². The molecule has 2 atom stereocenters. The van der Waals surface area contributed by atoms with Crippen LogP contribution in [-0.2, 0) is 6.42 Å². The molecule has 0 spiro atoms. The summed E-state index contributed by atoms with van der Waals surface area (Å²) in [5, 5.41) is 7.19. The number of hydrogen-bond acceptors (Lipinski definition) is 5. The summed E-state index contributed by atoms with van der Waals surface area (Å²) in [5.41, 5.74) is 1.13. The molecule has 2 aromatic rings. The maximum Gasteiger partial charge on any atom is 0.233 e. The lowest BCUT2D eigenvalue weighted by atomic mass is 10.0. The van der Waals surface area contributed by atoms with Gasteiger partial charge >= 0.3 is 0 Å². The van der Waals surface area contributed by atoms with Crippen LogP contribution in [0, 0.1) is 0 Å². The van der Waals surface area contributed by atoms with Crippen LogP contribution in [0.15, 0.2) is 28.8 Å². The normalized spacial score (nSPS) is 13.3. The van der Waals surface area contributed by atoms with Crippen molar-refractivity contribution < 1.29 is 9.26 Å².